The molecule has 0 amide bonds. The summed E-state index contributed by atoms with van der Waals surface area (Å²) in [6.45, 7) is 0.121. The van der Waals surface area contributed by atoms with Gasteiger partial charge in [0.05, 0.1) is 12.9 Å². The van der Waals surface area contributed by atoms with Crippen molar-refractivity contribution in [2.24, 2.45) is 0 Å². The lowest BCUT2D eigenvalue weighted by Crippen LogP contribution is -2.51. The average Bonchev–Trinajstić information content (AvgIpc) is 2.45. The monoisotopic (exact) mass is 418 g/mol. The molecular weight excluding hydrogens is 393 g/mol. The van der Waals surface area contributed by atoms with Gasteiger partial charge in [-0.05, 0) is 12.8 Å². The third-order valence-corrected chi connectivity index (χ3v) is 4.34. The summed E-state index contributed by atoms with van der Waals surface area (Å²) in [4.78, 5) is 0. The number of rotatable bonds is 14. The molecule has 0 atom stereocenters. The van der Waals surface area contributed by atoms with Crippen molar-refractivity contribution in [3.05, 3.63) is 0 Å². The highest BCUT2D eigenvalue weighted by Gasteiger charge is 2.72. The molecule has 158 valence electrons. The average molecular weight is 418 g/mol. The molecule has 0 rings (SSSR count). The van der Waals surface area contributed by atoms with Crippen LogP contribution < -0.4 is 0 Å². The summed E-state index contributed by atoms with van der Waals surface area (Å²) in [7, 11) is -3.43. The van der Waals surface area contributed by atoms with Gasteiger partial charge in [-0.15, -0.1) is 0 Å². The summed E-state index contributed by atoms with van der Waals surface area (Å²) in [5.74, 6) is -11.1. The Morgan fingerprint density at radius 2 is 1.08 bits per heavy atom. The predicted molar refractivity (Wildman–Crippen MR) is 82.9 cm³/mol. The van der Waals surface area contributed by atoms with Gasteiger partial charge in [0, 0.05) is 6.42 Å². The normalized spacial score (nSPS) is 14.0. The molecule has 0 aromatic rings. The van der Waals surface area contributed by atoms with Gasteiger partial charge in [-0.3, -0.25) is 4.18 Å². The zero-order valence-corrected chi connectivity index (χ0v) is 15.4. The van der Waals surface area contributed by atoms with Crippen molar-refractivity contribution in [2.45, 2.75) is 82.2 Å². The summed E-state index contributed by atoms with van der Waals surface area (Å²) in [6.07, 6.45) is -2.08. The maximum absolute atomic E-state index is 13.0. The highest BCUT2D eigenvalue weighted by atomic mass is 32.2. The van der Waals surface area contributed by atoms with E-state index < -0.39 is 41.0 Å². The van der Waals surface area contributed by atoms with Crippen LogP contribution in [-0.4, -0.2) is 39.3 Å². The van der Waals surface area contributed by atoms with Crippen molar-refractivity contribution in [3.63, 3.8) is 0 Å². The second kappa shape index (κ2) is 10.7. The van der Waals surface area contributed by atoms with Gasteiger partial charge in [0.1, 0.15) is 0 Å². The largest absolute Gasteiger partial charge is 0.459 e. The lowest BCUT2D eigenvalue weighted by atomic mass is 10.0. The Labute approximate surface area is 149 Å². The molecule has 0 bridgehead atoms. The molecule has 0 heterocycles. The SMILES string of the molecule is CS(=O)(=O)OCCCCCCCCCCCC(F)(F)C(F)(F)C(F)(F)F. The van der Waals surface area contributed by atoms with Crippen molar-refractivity contribution in [1.29, 1.82) is 0 Å². The van der Waals surface area contributed by atoms with E-state index in [0.29, 0.717) is 19.3 Å². The summed E-state index contributed by atoms with van der Waals surface area (Å²) in [6, 6.07) is 0. The first-order chi connectivity index (χ1) is 11.7. The molecule has 0 aromatic heterocycles. The first kappa shape index (κ1) is 25.4. The van der Waals surface area contributed by atoms with Gasteiger partial charge in [0.15, 0.2) is 0 Å². The van der Waals surface area contributed by atoms with Gasteiger partial charge >= 0.3 is 18.0 Å². The molecule has 0 N–H and O–H groups in total. The van der Waals surface area contributed by atoms with Crippen molar-refractivity contribution in [3.8, 4) is 0 Å². The number of halogens is 7. The molecule has 0 aromatic carbocycles. The third kappa shape index (κ3) is 9.94. The van der Waals surface area contributed by atoms with Crippen LogP contribution in [0.1, 0.15) is 64.2 Å². The van der Waals surface area contributed by atoms with Crippen LogP contribution in [0.4, 0.5) is 30.7 Å². The Kier molecular flexibility index (Phi) is 10.4. The summed E-state index contributed by atoms with van der Waals surface area (Å²) < 4.78 is 113. The first-order valence-corrected chi connectivity index (χ1v) is 10.2. The minimum atomic E-state index is -6.26. The minimum absolute atomic E-state index is 0.121. The fraction of sp³-hybridized carbons (Fsp3) is 1.00. The standard InChI is InChI=1S/C15H25F7O3S/c1-26(23,24)25-12-10-8-6-4-2-3-5-7-9-11-13(16,17)14(18,19)15(20,21)22/h2-12H2,1H3. The van der Waals surface area contributed by atoms with Crippen molar-refractivity contribution >= 4 is 10.1 Å². The summed E-state index contributed by atoms with van der Waals surface area (Å²) in [5.41, 5.74) is 0. The molecule has 0 radical (unpaired) electrons. The molecule has 26 heavy (non-hydrogen) atoms. The number of hydrogen-bond acceptors (Lipinski definition) is 3. The van der Waals surface area contributed by atoms with Crippen molar-refractivity contribution in [2.75, 3.05) is 12.9 Å². The van der Waals surface area contributed by atoms with Crippen LogP contribution in [-0.2, 0) is 14.3 Å². The van der Waals surface area contributed by atoms with E-state index >= 15 is 0 Å². The Hall–Kier alpha value is -0.580. The Balaban J connectivity index is 3.68. The van der Waals surface area contributed by atoms with E-state index in [2.05, 4.69) is 4.18 Å². The van der Waals surface area contributed by atoms with E-state index in [1.165, 1.54) is 0 Å². The lowest BCUT2D eigenvalue weighted by Gasteiger charge is -2.28. The molecule has 0 aliphatic carbocycles. The molecule has 0 aliphatic heterocycles. The molecule has 0 fully saturated rings. The highest BCUT2D eigenvalue weighted by Crippen LogP contribution is 2.48. The molecule has 0 saturated heterocycles. The van der Waals surface area contributed by atoms with Crippen LogP contribution in [0, 0.1) is 0 Å². The second-order valence-electron chi connectivity index (χ2n) is 6.23. The molecule has 0 saturated carbocycles. The Bertz CT molecular complexity index is 490. The Morgan fingerprint density at radius 3 is 1.46 bits per heavy atom. The quantitative estimate of drug-likeness (QED) is 0.207. The number of hydrogen-bond donors (Lipinski definition) is 0. The maximum atomic E-state index is 13.0. The van der Waals surface area contributed by atoms with Crippen LogP contribution in [0.25, 0.3) is 0 Å². The number of alkyl halides is 7. The van der Waals surface area contributed by atoms with Crippen LogP contribution in [0.5, 0.6) is 0 Å². The summed E-state index contributed by atoms with van der Waals surface area (Å²) in [5, 5.41) is 0. The van der Waals surface area contributed by atoms with E-state index in [9.17, 15) is 39.2 Å². The van der Waals surface area contributed by atoms with Gasteiger partial charge in [0.25, 0.3) is 10.1 Å². The Morgan fingerprint density at radius 1 is 0.692 bits per heavy atom. The second-order valence-corrected chi connectivity index (χ2v) is 7.88. The van der Waals surface area contributed by atoms with Crippen LogP contribution >= 0.6 is 0 Å². The van der Waals surface area contributed by atoms with Gasteiger partial charge in [0.2, 0.25) is 0 Å². The lowest BCUT2D eigenvalue weighted by molar-refractivity contribution is -0.355. The van der Waals surface area contributed by atoms with Gasteiger partial charge in [-0.1, -0.05) is 44.9 Å². The zero-order valence-electron chi connectivity index (χ0n) is 14.6. The van der Waals surface area contributed by atoms with E-state index in [4.69, 9.17) is 0 Å². The maximum Gasteiger partial charge on any atom is 0.459 e. The molecule has 3 nitrogen and oxygen atoms in total. The molecule has 0 unspecified atom stereocenters. The fourth-order valence-corrected chi connectivity index (χ4v) is 2.68. The van der Waals surface area contributed by atoms with Gasteiger partial charge < -0.3 is 0 Å². The first-order valence-electron chi connectivity index (χ1n) is 8.37. The molecule has 0 spiro atoms. The zero-order chi connectivity index (χ0) is 20.5. The van der Waals surface area contributed by atoms with Crippen LogP contribution in [0.2, 0.25) is 0 Å². The topological polar surface area (TPSA) is 43.4 Å². The van der Waals surface area contributed by atoms with Crippen LogP contribution in [0.15, 0.2) is 0 Å². The highest BCUT2D eigenvalue weighted by molar-refractivity contribution is 7.85. The third-order valence-electron chi connectivity index (χ3n) is 3.75. The van der Waals surface area contributed by atoms with Crippen molar-refractivity contribution in [1.82, 2.24) is 0 Å². The number of unbranched alkanes of at least 4 members (excludes halogenated alkanes) is 8. The van der Waals surface area contributed by atoms with E-state index in [-0.39, 0.29) is 13.0 Å². The summed E-state index contributed by atoms with van der Waals surface area (Å²) >= 11 is 0. The molecule has 11 heteroatoms. The fourth-order valence-electron chi connectivity index (χ4n) is 2.26. The predicted octanol–water partition coefficient (Wildman–Crippen LogP) is 5.70. The smallest absolute Gasteiger partial charge is 0.270 e. The van der Waals surface area contributed by atoms with Crippen molar-refractivity contribution < 1.29 is 43.3 Å². The van der Waals surface area contributed by atoms with E-state index in [1.54, 1.807) is 0 Å². The van der Waals surface area contributed by atoms with E-state index in [1.807, 2.05) is 0 Å². The minimum Gasteiger partial charge on any atom is -0.270 e. The molecule has 0 aliphatic rings. The van der Waals surface area contributed by atoms with Gasteiger partial charge in [-0.2, -0.15) is 39.2 Å². The van der Waals surface area contributed by atoms with E-state index in [0.717, 1.165) is 31.9 Å². The van der Waals surface area contributed by atoms with Gasteiger partial charge in [-0.25, -0.2) is 0 Å². The van der Waals surface area contributed by atoms with Crippen LogP contribution in [0.3, 0.4) is 0 Å². The molecular formula is C15H25F7O3S.